The second kappa shape index (κ2) is 7.62. The maximum Gasteiger partial charge on any atom is 0.172 e. The van der Waals surface area contributed by atoms with Gasteiger partial charge in [0.2, 0.25) is 0 Å². The molecule has 4 bridgehead atoms. The summed E-state index contributed by atoms with van der Waals surface area (Å²) >= 11 is 0. The number of rotatable bonds is 4. The van der Waals surface area contributed by atoms with Crippen molar-refractivity contribution in [2.24, 2.45) is 17.3 Å². The van der Waals surface area contributed by atoms with Crippen LogP contribution >= 0.6 is 17.2 Å². The van der Waals surface area contributed by atoms with Gasteiger partial charge in [0, 0.05) is 18.3 Å². The maximum atomic E-state index is 6.97. The van der Waals surface area contributed by atoms with E-state index in [0.29, 0.717) is 16.2 Å². The van der Waals surface area contributed by atoms with Crippen molar-refractivity contribution in [2.75, 3.05) is 12.3 Å². The molecule has 186 valence electrons. The fraction of sp³-hybridized carbons (Fsp3) is 1.00. The highest BCUT2D eigenvalue weighted by atomic mass is 31.1. The van der Waals surface area contributed by atoms with Crippen LogP contribution in [0.1, 0.15) is 108 Å². The van der Waals surface area contributed by atoms with Gasteiger partial charge < -0.3 is 14.2 Å². The number of hydrogen-bond donors (Lipinski definition) is 0. The molecule has 7 atom stereocenters. The Labute approximate surface area is 201 Å². The lowest BCUT2D eigenvalue weighted by atomic mass is 9.46. The van der Waals surface area contributed by atoms with Crippen LogP contribution in [-0.4, -0.2) is 45.4 Å². The van der Waals surface area contributed by atoms with E-state index in [1.165, 1.54) is 31.8 Å². The molecule has 1 aliphatic carbocycles. The van der Waals surface area contributed by atoms with E-state index in [2.05, 4.69) is 78.5 Å². The summed E-state index contributed by atoms with van der Waals surface area (Å²) in [6.45, 7) is 24.0. The molecule has 32 heavy (non-hydrogen) atoms. The zero-order valence-electron chi connectivity index (χ0n) is 22.6. The fourth-order valence-electron chi connectivity index (χ4n) is 9.18. The highest BCUT2D eigenvalue weighted by Crippen LogP contribution is 2.72. The lowest BCUT2D eigenvalue weighted by Gasteiger charge is -2.76. The summed E-state index contributed by atoms with van der Waals surface area (Å²) in [5.41, 5.74) is -0.461. The monoisotopic (exact) mass is 484 g/mol. The quantitative estimate of drug-likeness (QED) is 0.386. The van der Waals surface area contributed by atoms with Crippen molar-refractivity contribution in [3.63, 3.8) is 0 Å². The van der Waals surface area contributed by atoms with Crippen LogP contribution < -0.4 is 0 Å². The van der Waals surface area contributed by atoms with Gasteiger partial charge in [0.1, 0.15) is 0 Å². The Bertz CT molecular complexity index is 678. The first kappa shape index (κ1) is 25.8. The van der Waals surface area contributed by atoms with Gasteiger partial charge in [0.05, 0.1) is 11.2 Å². The summed E-state index contributed by atoms with van der Waals surface area (Å²) in [5.74, 6) is 0.302. The van der Waals surface area contributed by atoms with E-state index in [1.54, 1.807) is 0 Å². The molecule has 0 aromatic rings. The zero-order chi connectivity index (χ0) is 24.0. The Morgan fingerprint density at radius 2 is 1.25 bits per heavy atom. The zero-order valence-corrected chi connectivity index (χ0v) is 24.6. The molecule has 0 aromatic carbocycles. The molecule has 5 aliphatic rings. The van der Waals surface area contributed by atoms with Crippen LogP contribution in [0.3, 0.4) is 0 Å². The molecule has 0 radical (unpaired) electrons. The third-order valence-electron chi connectivity index (χ3n) is 9.42. The minimum absolute atomic E-state index is 0.00464. The minimum Gasteiger partial charge on any atom is -0.343 e. The fourth-order valence-corrected chi connectivity index (χ4v) is 14.4. The van der Waals surface area contributed by atoms with Crippen molar-refractivity contribution < 1.29 is 14.2 Å². The highest BCUT2D eigenvalue weighted by Gasteiger charge is 2.78. The molecular weight excluding hydrogens is 434 g/mol. The van der Waals surface area contributed by atoms with Crippen molar-refractivity contribution in [2.45, 2.75) is 141 Å². The summed E-state index contributed by atoms with van der Waals surface area (Å²) in [6.07, 6.45) is 9.45. The lowest BCUT2D eigenvalue weighted by molar-refractivity contribution is -0.549. The summed E-state index contributed by atoms with van der Waals surface area (Å²) in [7, 11) is 3.03. The van der Waals surface area contributed by atoms with Crippen LogP contribution in [-0.2, 0) is 14.2 Å². The summed E-state index contributed by atoms with van der Waals surface area (Å²) in [4.78, 5) is 0. The second-order valence-electron chi connectivity index (χ2n) is 14.2. The van der Waals surface area contributed by atoms with E-state index in [-0.39, 0.29) is 24.5 Å². The topological polar surface area (TPSA) is 27.7 Å². The van der Waals surface area contributed by atoms with Gasteiger partial charge in [-0.05, 0) is 75.0 Å². The van der Waals surface area contributed by atoms with Gasteiger partial charge in [0.25, 0.3) is 0 Å². The van der Waals surface area contributed by atoms with Gasteiger partial charge in [-0.25, -0.2) is 0 Å². The Hall–Kier alpha value is 0.740. The first-order valence-corrected chi connectivity index (χ1v) is 15.4. The first-order chi connectivity index (χ1) is 14.4. The van der Waals surface area contributed by atoms with Crippen molar-refractivity contribution in [1.82, 2.24) is 0 Å². The molecule has 7 unspecified atom stereocenters. The Balaban J connectivity index is 1.77. The van der Waals surface area contributed by atoms with E-state index < -0.39 is 11.6 Å². The van der Waals surface area contributed by atoms with Crippen LogP contribution in [0.15, 0.2) is 0 Å². The van der Waals surface area contributed by atoms with Crippen LogP contribution in [0.25, 0.3) is 0 Å². The van der Waals surface area contributed by atoms with E-state index in [9.17, 15) is 0 Å². The Morgan fingerprint density at radius 3 is 1.69 bits per heavy atom. The second-order valence-corrected chi connectivity index (χ2v) is 18.5. The van der Waals surface area contributed by atoms with Gasteiger partial charge in [-0.3, -0.25) is 0 Å². The van der Waals surface area contributed by atoms with Crippen LogP contribution in [0.2, 0.25) is 0 Å². The van der Waals surface area contributed by atoms with Crippen LogP contribution in [0.4, 0.5) is 0 Å². The number of hydrogen-bond acceptors (Lipinski definition) is 3. The van der Waals surface area contributed by atoms with Crippen molar-refractivity contribution >= 4 is 17.2 Å². The van der Waals surface area contributed by atoms with Gasteiger partial charge in [-0.2, -0.15) is 0 Å². The molecule has 0 amide bonds. The average molecular weight is 485 g/mol. The van der Waals surface area contributed by atoms with Gasteiger partial charge in [0.15, 0.2) is 11.6 Å². The lowest BCUT2D eigenvalue weighted by Crippen LogP contribution is -2.84. The van der Waals surface area contributed by atoms with E-state index in [1.807, 2.05) is 0 Å². The number of ether oxygens (including phenoxy) is 3. The third kappa shape index (κ3) is 3.79. The first-order valence-electron chi connectivity index (χ1n) is 13.0. The molecule has 5 heteroatoms. The standard InChI is InChI=1S/C27H50O3P2/c1-21(2,3)32(22(4,5)6)15-19-13-11-12-14-20(19)27(18-31)23(7)16-25(9)29-24(27,8)17-26(10,28-23)30-25/h19-20H,11-18,31H2,1-10H3. The SMILES string of the molecule is CC12CC3(C)OC(C)(CC(C)(O1)C3(CP)C1CCCCC1CP(C(C)(C)C)C(C)(C)C)O2. The Morgan fingerprint density at radius 1 is 0.781 bits per heavy atom. The molecule has 3 nitrogen and oxygen atoms in total. The van der Waals surface area contributed by atoms with Crippen molar-refractivity contribution in [3.05, 3.63) is 0 Å². The van der Waals surface area contributed by atoms with E-state index in [0.717, 1.165) is 24.9 Å². The van der Waals surface area contributed by atoms with Crippen LogP contribution in [0, 0.1) is 17.3 Å². The Kier molecular flexibility index (Phi) is 6.15. The molecule has 0 spiro atoms. The summed E-state index contributed by atoms with van der Waals surface area (Å²) in [5, 5.41) is 0.729. The molecular formula is C27H50O3P2. The molecule has 4 heterocycles. The third-order valence-corrected chi connectivity index (χ3v) is 14.1. The molecule has 5 fully saturated rings. The predicted octanol–water partition coefficient (Wildman–Crippen LogP) is 7.55. The normalized spacial score (nSPS) is 49.1. The smallest absolute Gasteiger partial charge is 0.172 e. The predicted molar refractivity (Wildman–Crippen MR) is 140 cm³/mol. The van der Waals surface area contributed by atoms with Gasteiger partial charge in [-0.15, -0.1) is 9.24 Å². The minimum atomic E-state index is -0.536. The van der Waals surface area contributed by atoms with Crippen LogP contribution in [0.5, 0.6) is 0 Å². The molecule has 4 aliphatic heterocycles. The average Bonchev–Trinajstić information content (AvgIpc) is 2.55. The molecule has 4 saturated heterocycles. The largest absolute Gasteiger partial charge is 0.343 e. The van der Waals surface area contributed by atoms with E-state index in [4.69, 9.17) is 14.2 Å². The van der Waals surface area contributed by atoms with E-state index >= 15 is 0 Å². The molecule has 5 rings (SSSR count). The summed E-state index contributed by atoms with van der Waals surface area (Å²) < 4.78 is 20.3. The summed E-state index contributed by atoms with van der Waals surface area (Å²) in [6, 6.07) is 0. The molecule has 0 N–H and O–H groups in total. The van der Waals surface area contributed by atoms with Crippen molar-refractivity contribution in [1.29, 1.82) is 0 Å². The molecule has 1 saturated carbocycles. The van der Waals surface area contributed by atoms with Gasteiger partial charge in [-0.1, -0.05) is 62.3 Å². The highest BCUT2D eigenvalue weighted by molar-refractivity contribution is 7.60. The van der Waals surface area contributed by atoms with Gasteiger partial charge >= 0.3 is 0 Å². The van der Waals surface area contributed by atoms with Crippen molar-refractivity contribution in [3.8, 4) is 0 Å². The molecule has 0 aromatic heterocycles. The maximum absolute atomic E-state index is 6.97.